The third-order valence-corrected chi connectivity index (χ3v) is 4.87. The fraction of sp³-hybridized carbons (Fsp3) is 0.400. The molecule has 0 spiro atoms. The molecule has 3 rings (SSSR count). The number of nitrogens with one attached hydrogen (secondary N) is 1. The lowest BCUT2D eigenvalue weighted by molar-refractivity contribution is 0.0950. The lowest BCUT2D eigenvalue weighted by Gasteiger charge is -2.35. The highest BCUT2D eigenvalue weighted by Gasteiger charge is 2.17. The van der Waals surface area contributed by atoms with E-state index in [2.05, 4.69) is 40.0 Å². The Balaban J connectivity index is 1.63. The molecule has 1 saturated heterocycles. The number of piperazine rings is 1. The molecule has 0 unspecified atom stereocenters. The fourth-order valence-electron chi connectivity index (χ4n) is 3.13. The van der Waals surface area contributed by atoms with E-state index in [1.807, 2.05) is 30.5 Å². The highest BCUT2D eigenvalue weighted by atomic mass is 16.1. The average Bonchev–Trinajstić information content (AvgIpc) is 2.67. The van der Waals surface area contributed by atoms with Crippen LogP contribution in [0.25, 0.3) is 0 Å². The molecule has 25 heavy (non-hydrogen) atoms. The van der Waals surface area contributed by atoms with E-state index in [0.29, 0.717) is 12.1 Å². The second-order valence-corrected chi connectivity index (χ2v) is 6.46. The normalized spacial score (nSPS) is 15.2. The number of rotatable bonds is 5. The summed E-state index contributed by atoms with van der Waals surface area (Å²) >= 11 is 0. The van der Waals surface area contributed by atoms with Gasteiger partial charge >= 0.3 is 0 Å². The van der Waals surface area contributed by atoms with E-state index in [0.717, 1.165) is 44.0 Å². The monoisotopic (exact) mass is 338 g/mol. The number of aryl methyl sites for hydroxylation is 1. The van der Waals surface area contributed by atoms with E-state index in [-0.39, 0.29) is 5.91 Å². The van der Waals surface area contributed by atoms with Crippen LogP contribution < -0.4 is 10.2 Å². The highest BCUT2D eigenvalue weighted by Crippen LogP contribution is 2.17. The van der Waals surface area contributed by atoms with Gasteiger partial charge in [0, 0.05) is 38.9 Å². The van der Waals surface area contributed by atoms with E-state index in [4.69, 9.17) is 0 Å². The first-order valence-corrected chi connectivity index (χ1v) is 8.92. The zero-order chi connectivity index (χ0) is 17.6. The number of pyridine rings is 1. The summed E-state index contributed by atoms with van der Waals surface area (Å²) in [5, 5.41) is 3.00. The summed E-state index contributed by atoms with van der Waals surface area (Å²) in [6, 6.07) is 10.0. The molecule has 1 N–H and O–H groups in total. The van der Waals surface area contributed by atoms with E-state index >= 15 is 0 Å². The van der Waals surface area contributed by atoms with Crippen molar-refractivity contribution in [1.82, 2.24) is 15.2 Å². The van der Waals surface area contributed by atoms with Crippen molar-refractivity contribution < 1.29 is 4.79 Å². The van der Waals surface area contributed by atoms with E-state index in [9.17, 15) is 4.79 Å². The second-order valence-electron chi connectivity index (χ2n) is 6.46. The summed E-state index contributed by atoms with van der Waals surface area (Å²) in [4.78, 5) is 21.5. The first kappa shape index (κ1) is 17.4. The molecule has 132 valence electrons. The van der Waals surface area contributed by atoms with E-state index in [1.165, 1.54) is 5.56 Å². The number of carbonyl (C=O) groups is 1. The molecular formula is C20H26N4O. The van der Waals surface area contributed by atoms with Crippen LogP contribution in [0.3, 0.4) is 0 Å². The number of benzene rings is 1. The highest BCUT2D eigenvalue weighted by molar-refractivity contribution is 5.94. The first-order chi connectivity index (χ1) is 12.2. The number of aromatic nitrogens is 1. The third kappa shape index (κ3) is 4.37. The van der Waals surface area contributed by atoms with Crippen molar-refractivity contribution in [3.8, 4) is 0 Å². The molecule has 1 aliphatic heterocycles. The molecule has 0 radical (unpaired) electrons. The number of nitrogens with zero attached hydrogens (tertiary/aromatic N) is 3. The first-order valence-electron chi connectivity index (χ1n) is 8.92. The van der Waals surface area contributed by atoms with Gasteiger partial charge in [0.15, 0.2) is 0 Å². The Kier molecular flexibility index (Phi) is 5.66. The van der Waals surface area contributed by atoms with Gasteiger partial charge in [0.2, 0.25) is 0 Å². The van der Waals surface area contributed by atoms with Crippen LogP contribution in [0.4, 0.5) is 5.69 Å². The Morgan fingerprint density at radius 2 is 1.92 bits per heavy atom. The summed E-state index contributed by atoms with van der Waals surface area (Å²) in [6.45, 7) is 9.93. The van der Waals surface area contributed by atoms with Crippen LogP contribution in [-0.4, -0.2) is 48.5 Å². The molecule has 1 aliphatic rings. The Bertz CT molecular complexity index is 723. The zero-order valence-corrected chi connectivity index (χ0v) is 15.0. The van der Waals surface area contributed by atoms with Gasteiger partial charge < -0.3 is 15.1 Å². The maximum Gasteiger partial charge on any atom is 0.253 e. The fourth-order valence-corrected chi connectivity index (χ4v) is 3.13. The number of carbonyl (C=O) groups excluding carboxylic acids is 1. The Hall–Kier alpha value is -2.40. The molecular weight excluding hydrogens is 312 g/mol. The van der Waals surface area contributed by atoms with Crippen molar-refractivity contribution in [2.75, 3.05) is 37.6 Å². The molecule has 1 fully saturated rings. The molecule has 5 nitrogen and oxygen atoms in total. The van der Waals surface area contributed by atoms with Gasteiger partial charge in [0.05, 0.1) is 17.4 Å². The van der Waals surface area contributed by atoms with Crippen molar-refractivity contribution >= 4 is 11.6 Å². The van der Waals surface area contributed by atoms with Gasteiger partial charge in [0.1, 0.15) is 0 Å². The minimum atomic E-state index is -0.0789. The van der Waals surface area contributed by atoms with Crippen LogP contribution in [0.15, 0.2) is 42.7 Å². The van der Waals surface area contributed by atoms with Crippen LogP contribution in [0.1, 0.15) is 28.4 Å². The lowest BCUT2D eigenvalue weighted by atomic mass is 10.1. The molecule has 5 heteroatoms. The topological polar surface area (TPSA) is 48.5 Å². The largest absolute Gasteiger partial charge is 0.368 e. The standard InChI is InChI=1S/C20H26N4O/c1-3-23-8-10-24(11-9-23)19-12-18(13-21-15-19)20(25)22-14-17-7-5-4-6-16(17)2/h4-7,12-13,15H,3,8-11,14H2,1-2H3,(H,22,25). The van der Waals surface area contributed by atoms with Crippen LogP contribution in [0.5, 0.6) is 0 Å². The molecule has 2 aromatic rings. The van der Waals surface area contributed by atoms with Crippen LogP contribution in [0, 0.1) is 6.92 Å². The molecule has 0 atom stereocenters. The van der Waals surface area contributed by atoms with Gasteiger partial charge in [0.25, 0.3) is 5.91 Å². The van der Waals surface area contributed by atoms with Crippen molar-refractivity contribution in [2.45, 2.75) is 20.4 Å². The smallest absolute Gasteiger partial charge is 0.253 e. The quantitative estimate of drug-likeness (QED) is 0.910. The van der Waals surface area contributed by atoms with E-state index < -0.39 is 0 Å². The summed E-state index contributed by atoms with van der Waals surface area (Å²) < 4.78 is 0. The van der Waals surface area contributed by atoms with Crippen LogP contribution in [0.2, 0.25) is 0 Å². The molecule has 1 aromatic heterocycles. The predicted molar refractivity (Wildman–Crippen MR) is 101 cm³/mol. The number of amides is 1. The SMILES string of the molecule is CCN1CCN(c2cncc(C(=O)NCc3ccccc3C)c2)CC1. The van der Waals surface area contributed by atoms with Crippen molar-refractivity contribution in [3.63, 3.8) is 0 Å². The van der Waals surface area contributed by atoms with Gasteiger partial charge in [-0.15, -0.1) is 0 Å². The molecule has 0 saturated carbocycles. The zero-order valence-electron chi connectivity index (χ0n) is 15.0. The number of hydrogen-bond donors (Lipinski definition) is 1. The predicted octanol–water partition coefficient (Wildman–Crippen LogP) is 2.46. The lowest BCUT2D eigenvalue weighted by Crippen LogP contribution is -2.46. The third-order valence-electron chi connectivity index (χ3n) is 4.87. The summed E-state index contributed by atoms with van der Waals surface area (Å²) in [6.07, 6.45) is 3.48. The average molecular weight is 338 g/mol. The number of likely N-dealkylation sites (N-methyl/N-ethyl adjacent to an activating group) is 1. The van der Waals surface area contributed by atoms with Gasteiger partial charge in [-0.2, -0.15) is 0 Å². The van der Waals surface area contributed by atoms with Gasteiger partial charge in [-0.05, 0) is 30.7 Å². The maximum atomic E-state index is 12.5. The van der Waals surface area contributed by atoms with Crippen LogP contribution in [-0.2, 0) is 6.54 Å². The minimum absolute atomic E-state index is 0.0789. The maximum absolute atomic E-state index is 12.5. The number of anilines is 1. The summed E-state index contributed by atoms with van der Waals surface area (Å²) in [7, 11) is 0. The molecule has 0 bridgehead atoms. The molecule has 1 aromatic carbocycles. The summed E-state index contributed by atoms with van der Waals surface area (Å²) in [5.74, 6) is -0.0789. The number of hydrogen-bond acceptors (Lipinski definition) is 4. The molecule has 0 aliphatic carbocycles. The van der Waals surface area contributed by atoms with Gasteiger partial charge in [-0.25, -0.2) is 0 Å². The molecule has 1 amide bonds. The Labute approximate surface area is 149 Å². The minimum Gasteiger partial charge on any atom is -0.368 e. The van der Waals surface area contributed by atoms with E-state index in [1.54, 1.807) is 6.20 Å². The van der Waals surface area contributed by atoms with Crippen molar-refractivity contribution in [3.05, 3.63) is 59.4 Å². The second kappa shape index (κ2) is 8.12. The Morgan fingerprint density at radius 1 is 1.16 bits per heavy atom. The van der Waals surface area contributed by atoms with Gasteiger partial charge in [-0.3, -0.25) is 9.78 Å². The van der Waals surface area contributed by atoms with Crippen LogP contribution >= 0.6 is 0 Å². The van der Waals surface area contributed by atoms with Crippen molar-refractivity contribution in [2.24, 2.45) is 0 Å². The van der Waals surface area contributed by atoms with Crippen molar-refractivity contribution in [1.29, 1.82) is 0 Å². The summed E-state index contributed by atoms with van der Waals surface area (Å²) in [5.41, 5.74) is 3.96. The molecule has 2 heterocycles. The van der Waals surface area contributed by atoms with Gasteiger partial charge in [-0.1, -0.05) is 31.2 Å². The Morgan fingerprint density at radius 3 is 2.64 bits per heavy atom.